The van der Waals surface area contributed by atoms with Gasteiger partial charge in [-0.3, -0.25) is 4.99 Å². The minimum absolute atomic E-state index is 0.735. The Labute approximate surface area is 92.8 Å². The van der Waals surface area contributed by atoms with E-state index >= 15 is 0 Å². The van der Waals surface area contributed by atoms with Crippen molar-refractivity contribution in [1.29, 1.82) is 0 Å². The van der Waals surface area contributed by atoms with E-state index in [0.29, 0.717) is 0 Å². The zero-order chi connectivity index (χ0) is 11.4. The molecule has 0 aliphatic heterocycles. The number of hydrogen-bond acceptors (Lipinski definition) is 2. The van der Waals surface area contributed by atoms with Crippen LogP contribution in [0.5, 0.6) is 0 Å². The zero-order valence-electron chi connectivity index (χ0n) is 9.88. The van der Waals surface area contributed by atoms with Gasteiger partial charge in [-0.2, -0.15) is 0 Å². The van der Waals surface area contributed by atoms with Gasteiger partial charge in [0, 0.05) is 33.4 Å². The molecule has 0 bridgehead atoms. The summed E-state index contributed by atoms with van der Waals surface area (Å²) in [6, 6.07) is 0. The lowest BCUT2D eigenvalue weighted by Crippen LogP contribution is -2.37. The van der Waals surface area contributed by atoms with E-state index in [1.165, 1.54) is 0 Å². The second kappa shape index (κ2) is 11.0. The molecule has 0 aliphatic carbocycles. The first-order chi connectivity index (χ1) is 7.35. The van der Waals surface area contributed by atoms with Crippen LogP contribution in [-0.2, 0) is 4.74 Å². The molecular formula is C11H23N3O. The third kappa shape index (κ3) is 9.28. The quantitative estimate of drug-likeness (QED) is 0.275. The summed E-state index contributed by atoms with van der Waals surface area (Å²) in [6.07, 6.45) is 3.98. The summed E-state index contributed by atoms with van der Waals surface area (Å²) in [6.45, 7) is 8.95. The van der Waals surface area contributed by atoms with Gasteiger partial charge in [-0.15, -0.1) is 6.58 Å². The van der Waals surface area contributed by atoms with Crippen LogP contribution in [0.2, 0.25) is 0 Å². The average molecular weight is 213 g/mol. The number of nitrogens with zero attached hydrogens (tertiary/aromatic N) is 1. The molecule has 4 heteroatoms. The first-order valence-corrected chi connectivity index (χ1v) is 5.48. The van der Waals surface area contributed by atoms with E-state index in [1.54, 1.807) is 7.05 Å². The molecule has 0 aromatic rings. The highest BCUT2D eigenvalue weighted by atomic mass is 16.5. The maximum Gasteiger partial charge on any atom is 0.191 e. The van der Waals surface area contributed by atoms with Gasteiger partial charge in [0.1, 0.15) is 0 Å². The van der Waals surface area contributed by atoms with Crippen LogP contribution in [-0.4, -0.2) is 39.3 Å². The topological polar surface area (TPSA) is 45.7 Å². The summed E-state index contributed by atoms with van der Waals surface area (Å²) in [5.41, 5.74) is 0. The van der Waals surface area contributed by atoms with Crippen LogP contribution in [0.4, 0.5) is 0 Å². The standard InChI is InChI=1S/C11H23N3O/c1-4-8-13-11(12-3)14-9-6-7-10-15-5-2/h4H,1,5-10H2,2-3H3,(H2,12,13,14). The number of nitrogens with one attached hydrogen (secondary N) is 2. The van der Waals surface area contributed by atoms with Gasteiger partial charge in [-0.25, -0.2) is 0 Å². The van der Waals surface area contributed by atoms with Crippen molar-refractivity contribution in [3.63, 3.8) is 0 Å². The SMILES string of the molecule is C=CCNC(=NC)NCCCCOCC. The van der Waals surface area contributed by atoms with Gasteiger partial charge < -0.3 is 15.4 Å². The van der Waals surface area contributed by atoms with Crippen molar-refractivity contribution in [2.24, 2.45) is 4.99 Å². The van der Waals surface area contributed by atoms with Crippen LogP contribution in [0.1, 0.15) is 19.8 Å². The molecule has 15 heavy (non-hydrogen) atoms. The predicted molar refractivity (Wildman–Crippen MR) is 65.3 cm³/mol. The van der Waals surface area contributed by atoms with Crippen LogP contribution in [0.3, 0.4) is 0 Å². The van der Waals surface area contributed by atoms with E-state index in [9.17, 15) is 0 Å². The van der Waals surface area contributed by atoms with Crippen LogP contribution < -0.4 is 10.6 Å². The van der Waals surface area contributed by atoms with E-state index in [2.05, 4.69) is 22.2 Å². The van der Waals surface area contributed by atoms with Crippen molar-refractivity contribution in [3.8, 4) is 0 Å². The summed E-state index contributed by atoms with van der Waals surface area (Å²) in [4.78, 5) is 4.07. The highest BCUT2D eigenvalue weighted by molar-refractivity contribution is 5.79. The largest absolute Gasteiger partial charge is 0.382 e. The molecule has 0 rings (SSSR count). The Morgan fingerprint density at radius 1 is 1.40 bits per heavy atom. The minimum Gasteiger partial charge on any atom is -0.382 e. The van der Waals surface area contributed by atoms with Crippen LogP contribution in [0.15, 0.2) is 17.6 Å². The third-order valence-electron chi connectivity index (χ3n) is 1.85. The molecule has 0 spiro atoms. The van der Waals surface area contributed by atoms with E-state index in [0.717, 1.165) is 45.1 Å². The van der Waals surface area contributed by atoms with E-state index < -0.39 is 0 Å². The lowest BCUT2D eigenvalue weighted by Gasteiger charge is -2.09. The summed E-state index contributed by atoms with van der Waals surface area (Å²) >= 11 is 0. The van der Waals surface area contributed by atoms with Crippen LogP contribution in [0.25, 0.3) is 0 Å². The fraction of sp³-hybridized carbons (Fsp3) is 0.727. The van der Waals surface area contributed by atoms with Crippen LogP contribution in [0, 0.1) is 0 Å². The number of ether oxygens (including phenoxy) is 1. The number of hydrogen-bond donors (Lipinski definition) is 2. The van der Waals surface area contributed by atoms with Gasteiger partial charge in [-0.05, 0) is 19.8 Å². The van der Waals surface area contributed by atoms with Gasteiger partial charge in [0.2, 0.25) is 0 Å². The number of rotatable bonds is 8. The molecule has 0 heterocycles. The second-order valence-electron chi connectivity index (χ2n) is 3.07. The van der Waals surface area contributed by atoms with E-state index in [1.807, 2.05) is 13.0 Å². The summed E-state index contributed by atoms with van der Waals surface area (Å²) < 4.78 is 5.24. The molecule has 2 N–H and O–H groups in total. The minimum atomic E-state index is 0.735. The van der Waals surface area contributed by atoms with Gasteiger partial charge in [0.05, 0.1) is 0 Å². The highest BCUT2D eigenvalue weighted by Gasteiger charge is 1.94. The summed E-state index contributed by atoms with van der Waals surface area (Å²) in [5, 5.41) is 6.33. The van der Waals surface area contributed by atoms with Gasteiger partial charge in [0.15, 0.2) is 5.96 Å². The van der Waals surface area contributed by atoms with Crippen molar-refractivity contribution in [1.82, 2.24) is 10.6 Å². The smallest absolute Gasteiger partial charge is 0.191 e. The van der Waals surface area contributed by atoms with Gasteiger partial charge in [-0.1, -0.05) is 6.08 Å². The van der Waals surface area contributed by atoms with Crippen molar-refractivity contribution >= 4 is 5.96 Å². The summed E-state index contributed by atoms with van der Waals surface area (Å²) in [7, 11) is 1.76. The monoisotopic (exact) mass is 213 g/mol. The molecule has 0 unspecified atom stereocenters. The van der Waals surface area contributed by atoms with Crippen molar-refractivity contribution < 1.29 is 4.74 Å². The Bertz CT molecular complexity index is 181. The molecule has 0 saturated heterocycles. The number of aliphatic imine (C=N–C) groups is 1. The van der Waals surface area contributed by atoms with E-state index in [-0.39, 0.29) is 0 Å². The van der Waals surface area contributed by atoms with Crippen molar-refractivity contribution in [2.45, 2.75) is 19.8 Å². The first-order valence-electron chi connectivity index (χ1n) is 5.48. The average Bonchev–Trinajstić information content (AvgIpc) is 2.27. The zero-order valence-corrected chi connectivity index (χ0v) is 9.88. The highest BCUT2D eigenvalue weighted by Crippen LogP contribution is 1.88. The Hall–Kier alpha value is -1.03. The number of guanidine groups is 1. The molecular weight excluding hydrogens is 190 g/mol. The number of unbranched alkanes of at least 4 members (excludes halogenated alkanes) is 1. The molecule has 4 nitrogen and oxygen atoms in total. The van der Waals surface area contributed by atoms with Gasteiger partial charge >= 0.3 is 0 Å². The fourth-order valence-corrected chi connectivity index (χ4v) is 1.07. The molecule has 88 valence electrons. The predicted octanol–water partition coefficient (Wildman–Crippen LogP) is 1.15. The Morgan fingerprint density at radius 3 is 2.80 bits per heavy atom. The molecule has 0 aromatic carbocycles. The summed E-state index contributed by atoms with van der Waals surface area (Å²) in [5.74, 6) is 0.825. The van der Waals surface area contributed by atoms with E-state index in [4.69, 9.17) is 4.74 Å². The molecule has 0 aromatic heterocycles. The third-order valence-corrected chi connectivity index (χ3v) is 1.85. The van der Waals surface area contributed by atoms with Crippen molar-refractivity contribution in [3.05, 3.63) is 12.7 Å². The normalized spacial score (nSPS) is 11.2. The Kier molecular flexibility index (Phi) is 10.3. The second-order valence-corrected chi connectivity index (χ2v) is 3.07. The maximum atomic E-state index is 5.24. The molecule has 0 atom stereocenters. The lowest BCUT2D eigenvalue weighted by atomic mass is 10.3. The maximum absolute atomic E-state index is 5.24. The lowest BCUT2D eigenvalue weighted by molar-refractivity contribution is 0.143. The fourth-order valence-electron chi connectivity index (χ4n) is 1.07. The molecule has 0 amide bonds. The van der Waals surface area contributed by atoms with Gasteiger partial charge in [0.25, 0.3) is 0 Å². The molecule has 0 radical (unpaired) electrons. The molecule has 0 saturated carbocycles. The Balaban J connectivity index is 3.35. The van der Waals surface area contributed by atoms with Crippen molar-refractivity contribution in [2.75, 3.05) is 33.4 Å². The first kappa shape index (κ1) is 14.0. The van der Waals surface area contributed by atoms with Crippen LogP contribution >= 0.6 is 0 Å². The Morgan fingerprint density at radius 2 is 2.20 bits per heavy atom. The molecule has 0 fully saturated rings. The molecule has 0 aliphatic rings.